The Hall–Kier alpha value is -1.84. The van der Waals surface area contributed by atoms with Crippen LogP contribution in [0.1, 0.15) is 29.8 Å². The zero-order valence-electron chi connectivity index (χ0n) is 10.5. The molecule has 1 N–H and O–H groups in total. The van der Waals surface area contributed by atoms with Crippen LogP contribution >= 0.6 is 0 Å². The molecule has 0 aliphatic heterocycles. The Labute approximate surface area is 101 Å². The maximum atomic E-state index is 12.1. The summed E-state index contributed by atoms with van der Waals surface area (Å²) in [6.45, 7) is 4.93. The summed E-state index contributed by atoms with van der Waals surface area (Å²) in [4.78, 5) is 24.4. The summed E-state index contributed by atoms with van der Waals surface area (Å²) < 4.78 is 0. The standard InChI is InChI=1S/C13H17NO3/c1-9-5-7-10(8-6-9)11(15)14(4)13(2,3)12(16)17/h5-8H,1-4H3,(H,16,17). The molecule has 0 unspecified atom stereocenters. The third-order valence-corrected chi connectivity index (χ3v) is 2.97. The van der Waals surface area contributed by atoms with Gasteiger partial charge < -0.3 is 10.0 Å². The van der Waals surface area contributed by atoms with Crippen molar-refractivity contribution in [2.45, 2.75) is 26.3 Å². The Morgan fingerprint density at radius 2 is 1.65 bits per heavy atom. The second-order valence-electron chi connectivity index (χ2n) is 4.59. The summed E-state index contributed by atoms with van der Waals surface area (Å²) in [6.07, 6.45) is 0. The molecule has 0 saturated carbocycles. The molecule has 0 spiro atoms. The van der Waals surface area contributed by atoms with E-state index in [-0.39, 0.29) is 5.91 Å². The van der Waals surface area contributed by atoms with Gasteiger partial charge in [0.1, 0.15) is 5.54 Å². The van der Waals surface area contributed by atoms with E-state index in [1.807, 2.05) is 19.1 Å². The Bertz CT molecular complexity index is 434. The summed E-state index contributed by atoms with van der Waals surface area (Å²) in [5, 5.41) is 9.06. The Kier molecular flexibility index (Phi) is 3.56. The number of carboxylic acids is 1. The molecule has 0 aliphatic carbocycles. The van der Waals surface area contributed by atoms with Crippen molar-refractivity contribution in [1.29, 1.82) is 0 Å². The van der Waals surface area contributed by atoms with Gasteiger partial charge in [0.15, 0.2) is 0 Å². The van der Waals surface area contributed by atoms with Crippen LogP contribution in [0.5, 0.6) is 0 Å². The van der Waals surface area contributed by atoms with Gasteiger partial charge in [-0.1, -0.05) is 17.7 Å². The van der Waals surface area contributed by atoms with Crippen LogP contribution in [0.3, 0.4) is 0 Å². The molecule has 1 rings (SSSR count). The van der Waals surface area contributed by atoms with Crippen molar-refractivity contribution < 1.29 is 14.7 Å². The normalized spacial score (nSPS) is 11.1. The maximum Gasteiger partial charge on any atom is 0.329 e. The second-order valence-corrected chi connectivity index (χ2v) is 4.59. The van der Waals surface area contributed by atoms with E-state index in [2.05, 4.69) is 0 Å². The number of hydrogen-bond acceptors (Lipinski definition) is 2. The van der Waals surface area contributed by atoms with E-state index in [0.717, 1.165) is 5.56 Å². The first-order valence-electron chi connectivity index (χ1n) is 5.35. The number of nitrogens with zero attached hydrogens (tertiary/aromatic N) is 1. The van der Waals surface area contributed by atoms with E-state index in [4.69, 9.17) is 5.11 Å². The highest BCUT2D eigenvalue weighted by Crippen LogP contribution is 2.16. The van der Waals surface area contributed by atoms with Crippen molar-refractivity contribution in [3.8, 4) is 0 Å². The van der Waals surface area contributed by atoms with Gasteiger partial charge in [-0.05, 0) is 32.9 Å². The molecular formula is C13H17NO3. The fourth-order valence-corrected chi connectivity index (χ4v) is 1.29. The van der Waals surface area contributed by atoms with Crippen molar-refractivity contribution in [3.05, 3.63) is 35.4 Å². The Balaban J connectivity index is 2.98. The van der Waals surface area contributed by atoms with Crippen molar-refractivity contribution in [2.24, 2.45) is 0 Å². The average Bonchev–Trinajstić information content (AvgIpc) is 2.27. The number of likely N-dealkylation sites (N-methyl/N-ethyl adjacent to an activating group) is 1. The molecule has 0 radical (unpaired) electrons. The molecule has 0 fully saturated rings. The van der Waals surface area contributed by atoms with E-state index < -0.39 is 11.5 Å². The van der Waals surface area contributed by atoms with Gasteiger partial charge in [0.25, 0.3) is 5.91 Å². The van der Waals surface area contributed by atoms with Gasteiger partial charge in [0.2, 0.25) is 0 Å². The number of aliphatic carboxylic acids is 1. The molecule has 4 nitrogen and oxygen atoms in total. The van der Waals surface area contributed by atoms with Gasteiger partial charge in [-0.25, -0.2) is 4.79 Å². The highest BCUT2D eigenvalue weighted by Gasteiger charge is 2.35. The average molecular weight is 235 g/mol. The lowest BCUT2D eigenvalue weighted by molar-refractivity contribution is -0.147. The number of carbonyl (C=O) groups excluding carboxylic acids is 1. The number of benzene rings is 1. The zero-order valence-corrected chi connectivity index (χ0v) is 10.5. The van der Waals surface area contributed by atoms with Crippen molar-refractivity contribution in [2.75, 3.05) is 7.05 Å². The number of carboxylic acid groups (broad SMARTS) is 1. The molecule has 0 bridgehead atoms. The quantitative estimate of drug-likeness (QED) is 0.870. The molecule has 4 heteroatoms. The molecule has 17 heavy (non-hydrogen) atoms. The molecule has 1 aromatic rings. The van der Waals surface area contributed by atoms with Crippen molar-refractivity contribution in [1.82, 2.24) is 4.90 Å². The van der Waals surface area contributed by atoms with Crippen LogP contribution in [-0.2, 0) is 4.79 Å². The lowest BCUT2D eigenvalue weighted by Crippen LogP contribution is -2.50. The number of amides is 1. The van der Waals surface area contributed by atoms with Gasteiger partial charge in [-0.3, -0.25) is 4.79 Å². The van der Waals surface area contributed by atoms with E-state index >= 15 is 0 Å². The lowest BCUT2D eigenvalue weighted by atomic mass is 10.0. The highest BCUT2D eigenvalue weighted by atomic mass is 16.4. The molecular weight excluding hydrogens is 218 g/mol. The van der Waals surface area contributed by atoms with E-state index in [9.17, 15) is 9.59 Å². The first kappa shape index (κ1) is 13.2. The summed E-state index contributed by atoms with van der Waals surface area (Å²) in [6, 6.07) is 7.06. The van der Waals surface area contributed by atoms with E-state index in [0.29, 0.717) is 5.56 Å². The first-order chi connectivity index (χ1) is 7.76. The molecule has 0 heterocycles. The molecule has 92 valence electrons. The number of rotatable bonds is 3. The predicted octanol–water partition coefficient (Wildman–Crippen LogP) is 1.93. The summed E-state index contributed by atoms with van der Waals surface area (Å²) >= 11 is 0. The molecule has 1 aromatic carbocycles. The minimum Gasteiger partial charge on any atom is -0.480 e. The monoisotopic (exact) mass is 235 g/mol. The van der Waals surface area contributed by atoms with Gasteiger partial charge in [0, 0.05) is 12.6 Å². The molecule has 0 atom stereocenters. The van der Waals surface area contributed by atoms with Crippen LogP contribution in [-0.4, -0.2) is 34.5 Å². The first-order valence-corrected chi connectivity index (χ1v) is 5.35. The highest BCUT2D eigenvalue weighted by molar-refractivity contribution is 5.97. The summed E-state index contributed by atoms with van der Waals surface area (Å²) in [7, 11) is 1.50. The third kappa shape index (κ3) is 2.64. The smallest absolute Gasteiger partial charge is 0.329 e. The van der Waals surface area contributed by atoms with Crippen LogP contribution < -0.4 is 0 Å². The third-order valence-electron chi connectivity index (χ3n) is 2.97. The number of hydrogen-bond donors (Lipinski definition) is 1. The topological polar surface area (TPSA) is 57.6 Å². The largest absolute Gasteiger partial charge is 0.480 e. The minimum atomic E-state index is -1.22. The molecule has 0 saturated heterocycles. The lowest BCUT2D eigenvalue weighted by Gasteiger charge is -2.31. The van der Waals surface area contributed by atoms with Crippen molar-refractivity contribution >= 4 is 11.9 Å². The van der Waals surface area contributed by atoms with Crippen LogP contribution in [0.2, 0.25) is 0 Å². The fourth-order valence-electron chi connectivity index (χ4n) is 1.29. The van der Waals surface area contributed by atoms with Crippen LogP contribution in [0.15, 0.2) is 24.3 Å². The van der Waals surface area contributed by atoms with Gasteiger partial charge in [0.05, 0.1) is 0 Å². The number of aryl methyl sites for hydroxylation is 1. The Morgan fingerprint density at radius 3 is 2.06 bits per heavy atom. The molecule has 0 aromatic heterocycles. The second kappa shape index (κ2) is 4.57. The number of carbonyl (C=O) groups is 2. The van der Waals surface area contributed by atoms with Crippen LogP contribution in [0.25, 0.3) is 0 Å². The SMILES string of the molecule is Cc1ccc(C(=O)N(C)C(C)(C)C(=O)O)cc1. The van der Waals surface area contributed by atoms with Gasteiger partial charge in [-0.2, -0.15) is 0 Å². The molecule has 1 amide bonds. The van der Waals surface area contributed by atoms with Gasteiger partial charge in [-0.15, -0.1) is 0 Å². The molecule has 0 aliphatic rings. The van der Waals surface area contributed by atoms with Gasteiger partial charge >= 0.3 is 5.97 Å². The van der Waals surface area contributed by atoms with E-state index in [1.165, 1.54) is 25.8 Å². The van der Waals surface area contributed by atoms with Crippen LogP contribution in [0.4, 0.5) is 0 Å². The van der Waals surface area contributed by atoms with E-state index in [1.54, 1.807) is 12.1 Å². The predicted molar refractivity (Wildman–Crippen MR) is 65.0 cm³/mol. The minimum absolute atomic E-state index is 0.294. The van der Waals surface area contributed by atoms with Crippen LogP contribution in [0, 0.1) is 6.92 Å². The maximum absolute atomic E-state index is 12.1. The zero-order chi connectivity index (χ0) is 13.2. The van der Waals surface area contributed by atoms with Crippen molar-refractivity contribution in [3.63, 3.8) is 0 Å². The summed E-state index contributed by atoms with van der Waals surface area (Å²) in [5.74, 6) is -1.32. The fraction of sp³-hybridized carbons (Fsp3) is 0.385. The Morgan fingerprint density at radius 1 is 1.18 bits per heavy atom. The summed E-state index contributed by atoms with van der Waals surface area (Å²) in [5.41, 5.74) is 0.330.